The van der Waals surface area contributed by atoms with Crippen molar-refractivity contribution in [2.45, 2.75) is 16.3 Å². The Morgan fingerprint density at radius 3 is 2.61 bits per heavy atom. The second-order valence-electron chi connectivity index (χ2n) is 5.20. The number of alkyl halides is 2. The zero-order valence-electron chi connectivity index (χ0n) is 15.6. The van der Waals surface area contributed by atoms with Gasteiger partial charge in [-0.25, -0.2) is 0 Å². The third-order valence-corrected chi connectivity index (χ3v) is 6.35. The smallest absolute Gasteiger partial charge is 0.285 e. The standard InChI is InChI=1S/C13H12F2N6O3S3.W.3Y/c1-5(22)9-6(3-27-13-17-19-20-18-13)2-25-11-8(10(24)21(9)11)16-7(23)4-26-12(14)15;;;;/h11-12H,1-4H2,(H2,16,17,18,19,20,23);;;;/q-2;;;;/p-1. The van der Waals surface area contributed by atoms with Crippen LogP contribution in [0.2, 0.25) is 0 Å². The van der Waals surface area contributed by atoms with Gasteiger partial charge < -0.3 is 24.9 Å². The molecule has 0 bridgehead atoms. The molecule has 0 saturated carbocycles. The molecule has 1 saturated heterocycles. The number of nitrogens with one attached hydrogen (secondary N) is 1. The van der Waals surface area contributed by atoms with Crippen molar-refractivity contribution in [1.82, 2.24) is 30.8 Å². The summed E-state index contributed by atoms with van der Waals surface area (Å²) >= 11 is 2.72. The molecular weight excluding hydrogens is 873 g/mol. The number of amides is 2. The minimum atomic E-state index is -2.67. The average molecular weight is 884 g/mol. The Morgan fingerprint density at radius 2 is 2.06 bits per heavy atom. The second kappa shape index (κ2) is 16.7. The number of rotatable bonds is 8. The normalized spacial score (nSPS) is 16.7. The van der Waals surface area contributed by atoms with Crippen LogP contribution in [0.3, 0.4) is 0 Å². The van der Waals surface area contributed by atoms with E-state index in [2.05, 4.69) is 32.9 Å². The Hall–Kier alpha value is 2.07. The van der Waals surface area contributed by atoms with E-state index in [1.807, 2.05) is 0 Å². The molecule has 1 aromatic heterocycles. The van der Waals surface area contributed by atoms with Crippen LogP contribution in [0.25, 0.3) is 0 Å². The van der Waals surface area contributed by atoms with Gasteiger partial charge in [-0.1, -0.05) is 17.5 Å². The van der Waals surface area contributed by atoms with Gasteiger partial charge in [-0.2, -0.15) is 38.7 Å². The number of Topliss-reactive ketones (excluding diaryl/α,β-unsaturated/α-hetero) is 1. The Morgan fingerprint density at radius 1 is 1.39 bits per heavy atom. The number of thioether (sulfide) groups is 3. The van der Waals surface area contributed by atoms with Crippen LogP contribution in [0, 0.1) is 13.0 Å². The van der Waals surface area contributed by atoms with E-state index in [0.29, 0.717) is 22.2 Å². The largest absolute Gasteiger partial charge is 0.476 e. The van der Waals surface area contributed by atoms with Gasteiger partial charge in [-0.15, -0.1) is 17.3 Å². The summed E-state index contributed by atoms with van der Waals surface area (Å²) in [5.74, 6) is -4.14. The first-order chi connectivity index (χ1) is 12.9. The summed E-state index contributed by atoms with van der Waals surface area (Å²) in [6, 6.07) is 0.0816. The van der Waals surface area contributed by atoms with Gasteiger partial charge in [0.2, 0.25) is 5.91 Å². The van der Waals surface area contributed by atoms with Crippen molar-refractivity contribution in [2.24, 2.45) is 0 Å². The van der Waals surface area contributed by atoms with E-state index in [1.54, 1.807) is 0 Å². The first-order valence-corrected chi connectivity index (χ1v) is 10.4. The van der Waals surface area contributed by atoms with Crippen molar-refractivity contribution in [2.75, 3.05) is 17.3 Å². The Bertz CT molecular complexity index is 796. The van der Waals surface area contributed by atoms with Crippen LogP contribution >= 0.6 is 35.3 Å². The van der Waals surface area contributed by atoms with Gasteiger partial charge >= 0.3 is 0 Å². The zero-order valence-corrected chi connectivity index (χ0v) is 29.5. The summed E-state index contributed by atoms with van der Waals surface area (Å²) in [4.78, 5) is 37.4. The molecule has 9 nitrogen and oxygen atoms in total. The second-order valence-corrected chi connectivity index (χ2v) is 8.19. The molecule has 0 aromatic carbocycles. The van der Waals surface area contributed by atoms with Crippen LogP contribution in [0.4, 0.5) is 8.78 Å². The quantitative estimate of drug-likeness (QED) is 0.219. The number of halogens is 2. The number of carbonyl (C=O) groups excluding carboxylic acids is 3. The first kappa shape index (κ1) is 35.2. The third-order valence-electron chi connectivity index (χ3n) is 3.48. The number of fused-ring (bicyclic) bond motifs is 1. The van der Waals surface area contributed by atoms with Crippen molar-refractivity contribution < 1.29 is 142 Å². The number of tetrazole rings is 1. The Balaban J connectivity index is 0. The molecule has 3 rings (SSSR count). The molecule has 2 amide bonds. The van der Waals surface area contributed by atoms with Crippen molar-refractivity contribution in [1.29, 1.82) is 0 Å². The molecule has 18 heteroatoms. The van der Waals surface area contributed by atoms with Crippen LogP contribution in [0.15, 0.2) is 16.4 Å². The van der Waals surface area contributed by atoms with Crippen molar-refractivity contribution in [3.8, 4) is 0 Å². The van der Waals surface area contributed by atoms with Crippen LogP contribution in [0.1, 0.15) is 0 Å². The van der Waals surface area contributed by atoms with Gasteiger partial charge in [0.15, 0.2) is 0 Å². The van der Waals surface area contributed by atoms with Crippen LogP contribution in [-0.2, 0) is 134 Å². The van der Waals surface area contributed by atoms with Gasteiger partial charge in [0.1, 0.15) is 0 Å². The number of nitrogens with zero attached hydrogens (tertiary/aromatic N) is 5. The van der Waals surface area contributed by atoms with Crippen LogP contribution in [0.5, 0.6) is 0 Å². The Kier molecular flexibility index (Phi) is 19.0. The van der Waals surface area contributed by atoms with Crippen molar-refractivity contribution in [3.63, 3.8) is 0 Å². The first-order valence-electron chi connectivity index (χ1n) is 7.30. The molecule has 0 aliphatic carbocycles. The topological polar surface area (TPSA) is 119 Å². The third kappa shape index (κ3) is 9.22. The van der Waals surface area contributed by atoms with E-state index in [9.17, 15) is 23.2 Å². The van der Waals surface area contributed by atoms with Crippen molar-refractivity contribution in [3.05, 3.63) is 24.2 Å². The van der Waals surface area contributed by atoms with E-state index in [1.165, 1.54) is 28.4 Å². The summed E-state index contributed by atoms with van der Waals surface area (Å²) in [6.45, 7) is 3.40. The molecule has 3 radical (unpaired) electrons. The summed E-state index contributed by atoms with van der Waals surface area (Å²) in [5.41, 5.74) is 0.849. The minimum Gasteiger partial charge on any atom is -0.476 e. The van der Waals surface area contributed by atoms with Gasteiger partial charge in [0.05, 0.1) is 16.8 Å². The molecule has 3 heterocycles. The maximum atomic E-state index is 12.4. The number of carbonyl (C=O) groups is 3. The van der Waals surface area contributed by atoms with Crippen LogP contribution in [-0.4, -0.2) is 66.4 Å². The number of β-lactam (4-membered cyclic amide) rings is 1. The Labute approximate surface area is 279 Å². The number of hydrogen-bond donors (Lipinski definition) is 1. The molecule has 1 atom stereocenters. The van der Waals surface area contributed by atoms with Gasteiger partial charge in [0.25, 0.3) is 5.76 Å². The summed E-state index contributed by atoms with van der Waals surface area (Å²) in [5, 5.41) is 16.3. The van der Waals surface area contributed by atoms with E-state index in [4.69, 9.17) is 0 Å². The summed E-state index contributed by atoms with van der Waals surface area (Å²) < 4.78 is 24.3. The van der Waals surface area contributed by atoms with E-state index >= 15 is 0 Å². The average Bonchev–Trinajstić information content (AvgIpc) is 3.15. The molecule has 1 fully saturated rings. The fraction of sp³-hybridized carbons (Fsp3) is 0.385. The van der Waals surface area contributed by atoms with E-state index in [0.717, 1.165) is 0 Å². The maximum absolute atomic E-state index is 12.4. The van der Waals surface area contributed by atoms with E-state index in [-0.39, 0.29) is 143 Å². The molecule has 1 N–H and O–H groups in total. The predicted octanol–water partition coefficient (Wildman–Crippen LogP) is 0.0873. The van der Waals surface area contributed by atoms with E-state index < -0.39 is 34.5 Å². The number of aromatic nitrogens is 4. The predicted molar refractivity (Wildman–Crippen MR) is 94.2 cm³/mol. The fourth-order valence-electron chi connectivity index (χ4n) is 2.43. The van der Waals surface area contributed by atoms with Crippen LogP contribution < -0.4 is 10.4 Å². The van der Waals surface area contributed by atoms with Crippen molar-refractivity contribution >= 4 is 52.9 Å². The molecule has 0 spiro atoms. The minimum absolute atomic E-state index is 0. The molecule has 31 heavy (non-hydrogen) atoms. The zero-order chi connectivity index (χ0) is 19.6. The fourth-order valence-corrected chi connectivity index (χ4v) is 4.91. The number of hydrogen-bond acceptors (Lipinski definition) is 9. The van der Waals surface area contributed by atoms with Gasteiger partial charge in [-0.05, 0) is 5.37 Å². The number of ketones is 1. The molecule has 2 aliphatic rings. The monoisotopic (exact) mass is 884 g/mol. The molecule has 1 aromatic rings. The number of allylic oxidation sites excluding steroid dienone is 1. The SMILES string of the molecule is [CH2-]C(=O)C1=C(CSc2nnn[n-]2)CSC2[C-](NC(=O)CSC(F)F)C(=O)N12.[W].[Y].[Y].[Y]. The molecule has 1 unspecified atom stereocenters. The maximum Gasteiger partial charge on any atom is 0.285 e. The summed E-state index contributed by atoms with van der Waals surface area (Å²) in [7, 11) is 0. The molecule has 2 aliphatic heterocycles. The van der Waals surface area contributed by atoms with Gasteiger partial charge in [-0.3, -0.25) is 15.1 Å². The van der Waals surface area contributed by atoms with Gasteiger partial charge in [0, 0.05) is 136 Å². The molecule has 161 valence electrons. The molecular formula is C13H11F2N6O3S3WY3-3. The summed E-state index contributed by atoms with van der Waals surface area (Å²) in [6.07, 6.45) is 0.